The van der Waals surface area contributed by atoms with Gasteiger partial charge in [-0.2, -0.15) is 0 Å². The summed E-state index contributed by atoms with van der Waals surface area (Å²) in [5, 5.41) is 57.4. The summed E-state index contributed by atoms with van der Waals surface area (Å²) in [6.45, 7) is 4.01. The number of aromatic hydroxyl groups is 2. The first kappa shape index (κ1) is 31.3. The zero-order valence-electron chi connectivity index (χ0n) is 24.0. The Bertz CT molecular complexity index is 1570. The molecule has 1 fully saturated rings. The van der Waals surface area contributed by atoms with Crippen molar-refractivity contribution < 1.29 is 58.9 Å². The maximum Gasteiger partial charge on any atom is 0.224 e. The van der Waals surface area contributed by atoms with E-state index in [0.29, 0.717) is 0 Å². The molecule has 3 aliphatic rings. The first-order valence-corrected chi connectivity index (χ1v) is 14.0. The van der Waals surface area contributed by atoms with Crippen molar-refractivity contribution in [2.75, 3.05) is 13.7 Å². The molecular weight excluding hydrogens is 578 g/mol. The third kappa shape index (κ3) is 5.06. The highest BCUT2D eigenvalue weighted by atomic mass is 16.7. The lowest BCUT2D eigenvalue weighted by Crippen LogP contribution is -2.55. The van der Waals surface area contributed by atoms with Gasteiger partial charge in [-0.15, -0.1) is 6.58 Å². The van der Waals surface area contributed by atoms with Gasteiger partial charge in [-0.05, 0) is 13.0 Å². The molecule has 44 heavy (non-hydrogen) atoms. The fraction of sp³-hybridized carbons (Fsp3) is 0.419. The SMILES string of the molecule is C=CCC(=O)NC1CC(O[C@H]2C[C@](O)(C(=O)CO)Cc3c(O)c4c(c(O)c32)C(=O)c2c(OC)cccc2C4=O)OC(C)C1O. The molecule has 0 spiro atoms. The van der Waals surface area contributed by atoms with Crippen molar-refractivity contribution in [1.29, 1.82) is 0 Å². The van der Waals surface area contributed by atoms with Crippen LogP contribution in [0.4, 0.5) is 0 Å². The Morgan fingerprint density at radius 1 is 1.16 bits per heavy atom. The van der Waals surface area contributed by atoms with Crippen LogP contribution in [0.25, 0.3) is 0 Å². The molecule has 1 amide bonds. The van der Waals surface area contributed by atoms with E-state index >= 15 is 0 Å². The fourth-order valence-electron chi connectivity index (χ4n) is 6.26. The summed E-state index contributed by atoms with van der Waals surface area (Å²) in [7, 11) is 1.31. The third-order valence-corrected chi connectivity index (χ3v) is 8.44. The molecule has 1 saturated heterocycles. The molecule has 0 aromatic heterocycles. The number of methoxy groups -OCH3 is 1. The smallest absolute Gasteiger partial charge is 0.224 e. The number of carbonyl (C=O) groups excluding carboxylic acids is 4. The topological polar surface area (TPSA) is 209 Å². The molecule has 0 bridgehead atoms. The lowest BCUT2D eigenvalue weighted by atomic mass is 9.72. The number of aliphatic hydroxyl groups excluding tert-OH is 2. The molecule has 2 aromatic rings. The summed E-state index contributed by atoms with van der Waals surface area (Å²) in [5.74, 6) is -4.37. The van der Waals surface area contributed by atoms with Crippen LogP contribution in [0.1, 0.15) is 75.3 Å². The number of rotatable bonds is 8. The number of ketones is 3. The van der Waals surface area contributed by atoms with Crippen molar-refractivity contribution >= 4 is 23.3 Å². The summed E-state index contributed by atoms with van der Waals surface area (Å²) in [5.41, 5.74) is -3.89. The van der Waals surface area contributed by atoms with Crippen LogP contribution in [0.3, 0.4) is 0 Å². The standard InChI is InChI=1S/C31H33NO12/c1-4-6-20(35)32-16-9-21(43-13(2)26(16)36)44-18-11-31(41,19(34)12-33)10-15-23(18)30(40)25-24(28(15)38)27(37)14-7-5-8-17(42-3)22(14)29(25)39/h4-5,7-8,13,16,18,21,26,33,36,38,40-41H,1,6,9-12H2,2-3H3,(H,32,35)/t13?,16?,18-,21?,26?,31-/m0/s1. The van der Waals surface area contributed by atoms with E-state index < -0.39 is 102 Å². The lowest BCUT2D eigenvalue weighted by Gasteiger charge is -2.43. The second kappa shape index (κ2) is 11.7. The van der Waals surface area contributed by atoms with Crippen LogP contribution in [0, 0.1) is 0 Å². The van der Waals surface area contributed by atoms with E-state index in [-0.39, 0.29) is 40.8 Å². The van der Waals surface area contributed by atoms with Crippen molar-refractivity contribution in [3.63, 3.8) is 0 Å². The first-order valence-electron chi connectivity index (χ1n) is 14.0. The van der Waals surface area contributed by atoms with Crippen LogP contribution < -0.4 is 10.1 Å². The molecule has 1 aliphatic heterocycles. The number of aliphatic hydroxyl groups is 3. The Hall–Kier alpha value is -4.14. The number of benzene rings is 2. The first-order chi connectivity index (χ1) is 20.9. The van der Waals surface area contributed by atoms with Gasteiger partial charge in [-0.25, -0.2) is 0 Å². The van der Waals surface area contributed by atoms with E-state index in [4.69, 9.17) is 14.2 Å². The maximum absolute atomic E-state index is 13.8. The van der Waals surface area contributed by atoms with Gasteiger partial charge in [0, 0.05) is 42.4 Å². The zero-order valence-corrected chi connectivity index (χ0v) is 24.0. The van der Waals surface area contributed by atoms with E-state index in [1.807, 2.05) is 0 Å². The number of hydrogen-bond donors (Lipinski definition) is 6. The summed E-state index contributed by atoms with van der Waals surface area (Å²) >= 11 is 0. The quantitative estimate of drug-likeness (QED) is 0.154. The van der Waals surface area contributed by atoms with Gasteiger partial charge in [0.1, 0.15) is 35.6 Å². The van der Waals surface area contributed by atoms with Crippen LogP contribution in [0.15, 0.2) is 30.9 Å². The van der Waals surface area contributed by atoms with Crippen LogP contribution in [-0.4, -0.2) is 92.6 Å². The number of phenolic OH excluding ortho intramolecular Hbond substituents is 2. The van der Waals surface area contributed by atoms with Crippen molar-refractivity contribution in [2.45, 2.75) is 68.9 Å². The molecule has 6 N–H and O–H groups in total. The van der Waals surface area contributed by atoms with Gasteiger partial charge in [0.15, 0.2) is 17.9 Å². The second-order valence-corrected chi connectivity index (χ2v) is 11.2. The number of carbonyl (C=O) groups is 4. The minimum absolute atomic E-state index is 0.00475. The summed E-state index contributed by atoms with van der Waals surface area (Å²) in [6, 6.07) is 3.50. The minimum atomic E-state index is -2.30. The van der Waals surface area contributed by atoms with Gasteiger partial charge in [-0.3, -0.25) is 19.2 Å². The van der Waals surface area contributed by atoms with Gasteiger partial charge in [0.05, 0.1) is 42.0 Å². The van der Waals surface area contributed by atoms with Crippen molar-refractivity contribution in [1.82, 2.24) is 5.32 Å². The van der Waals surface area contributed by atoms with Crippen LogP contribution in [0.5, 0.6) is 17.2 Å². The number of hydrogen-bond acceptors (Lipinski definition) is 12. The van der Waals surface area contributed by atoms with E-state index in [1.165, 1.54) is 31.4 Å². The van der Waals surface area contributed by atoms with Crippen molar-refractivity contribution in [2.24, 2.45) is 0 Å². The molecule has 5 rings (SSSR count). The largest absolute Gasteiger partial charge is 0.507 e. The Morgan fingerprint density at radius 2 is 1.86 bits per heavy atom. The number of ether oxygens (including phenoxy) is 3. The molecular formula is C31H33NO12. The molecule has 1 heterocycles. The molecule has 2 aliphatic carbocycles. The Kier molecular flexibility index (Phi) is 8.35. The monoisotopic (exact) mass is 611 g/mol. The molecule has 4 unspecified atom stereocenters. The molecule has 0 radical (unpaired) electrons. The Labute approximate surface area is 251 Å². The highest BCUT2D eigenvalue weighted by Gasteiger charge is 2.50. The normalized spacial score (nSPS) is 27.5. The van der Waals surface area contributed by atoms with Crippen LogP contribution in [0.2, 0.25) is 0 Å². The number of fused-ring (bicyclic) bond motifs is 3. The molecule has 234 valence electrons. The second-order valence-electron chi connectivity index (χ2n) is 11.2. The number of phenols is 2. The van der Waals surface area contributed by atoms with Gasteiger partial charge < -0.3 is 45.1 Å². The molecule has 2 aromatic carbocycles. The van der Waals surface area contributed by atoms with E-state index in [9.17, 15) is 44.7 Å². The number of nitrogens with one attached hydrogen (secondary N) is 1. The summed E-state index contributed by atoms with van der Waals surface area (Å²) < 4.78 is 17.2. The molecule has 6 atom stereocenters. The van der Waals surface area contributed by atoms with E-state index in [1.54, 1.807) is 6.92 Å². The minimum Gasteiger partial charge on any atom is -0.507 e. The van der Waals surface area contributed by atoms with Gasteiger partial charge in [0.25, 0.3) is 0 Å². The maximum atomic E-state index is 13.8. The van der Waals surface area contributed by atoms with Gasteiger partial charge in [-0.1, -0.05) is 18.2 Å². The van der Waals surface area contributed by atoms with E-state index in [0.717, 1.165) is 0 Å². The predicted octanol–water partition coefficient (Wildman–Crippen LogP) is 0.735. The lowest BCUT2D eigenvalue weighted by molar-refractivity contribution is -0.249. The Balaban J connectivity index is 1.61. The molecule has 0 saturated carbocycles. The van der Waals surface area contributed by atoms with Gasteiger partial charge in [0.2, 0.25) is 11.7 Å². The predicted molar refractivity (Wildman–Crippen MR) is 151 cm³/mol. The Morgan fingerprint density at radius 3 is 2.52 bits per heavy atom. The fourth-order valence-corrected chi connectivity index (χ4v) is 6.26. The summed E-state index contributed by atoms with van der Waals surface area (Å²) in [6.07, 6.45) is -4.40. The zero-order chi connectivity index (χ0) is 32.1. The average Bonchev–Trinajstić information content (AvgIpc) is 2.99. The van der Waals surface area contributed by atoms with Crippen molar-refractivity contribution in [3.8, 4) is 17.2 Å². The highest BCUT2D eigenvalue weighted by molar-refractivity contribution is 6.31. The molecule has 13 nitrogen and oxygen atoms in total. The highest BCUT2D eigenvalue weighted by Crippen LogP contribution is 2.52. The number of amides is 1. The third-order valence-electron chi connectivity index (χ3n) is 8.44. The van der Waals surface area contributed by atoms with Crippen LogP contribution in [-0.2, 0) is 25.5 Å². The van der Waals surface area contributed by atoms with Crippen molar-refractivity contribution in [3.05, 3.63) is 64.2 Å². The molecule has 13 heteroatoms. The van der Waals surface area contributed by atoms with E-state index in [2.05, 4.69) is 11.9 Å². The van der Waals surface area contributed by atoms with Crippen LogP contribution >= 0.6 is 0 Å². The van der Waals surface area contributed by atoms with Gasteiger partial charge >= 0.3 is 0 Å². The average molecular weight is 612 g/mol. The number of Topliss-reactive ketones (excluding diaryl/α,β-unsaturated/α-hetero) is 1. The summed E-state index contributed by atoms with van der Waals surface area (Å²) in [4.78, 5) is 52.3.